The molecular weight excluding hydrogens is 425 g/mol. The summed E-state index contributed by atoms with van der Waals surface area (Å²) in [6, 6.07) is 6.78. The minimum atomic E-state index is -0.247. The molecule has 174 valence electrons. The van der Waals surface area contributed by atoms with Gasteiger partial charge in [-0.3, -0.25) is 4.79 Å². The molecule has 1 amide bonds. The molecule has 2 heterocycles. The molecule has 0 spiro atoms. The van der Waals surface area contributed by atoms with E-state index in [1.54, 1.807) is 12.1 Å². The number of benzene rings is 1. The second-order valence-electron chi connectivity index (χ2n) is 9.04. The van der Waals surface area contributed by atoms with Crippen LogP contribution in [0.25, 0.3) is 0 Å². The lowest BCUT2D eigenvalue weighted by molar-refractivity contribution is -0.132. The molecule has 1 aromatic heterocycles. The summed E-state index contributed by atoms with van der Waals surface area (Å²) in [6.07, 6.45) is 8.07. The SMILES string of the molecule is Cc1nc(SCC(=O)N(Cc2ccc(F)cc2)C2CCCCC2)n(C[C@@H]2CCCO2)c1C. The van der Waals surface area contributed by atoms with Gasteiger partial charge >= 0.3 is 0 Å². The third kappa shape index (κ3) is 5.73. The van der Waals surface area contributed by atoms with Crippen LogP contribution in [0.15, 0.2) is 29.4 Å². The largest absolute Gasteiger partial charge is 0.376 e. The van der Waals surface area contributed by atoms with Gasteiger partial charge in [-0.15, -0.1) is 0 Å². The van der Waals surface area contributed by atoms with Crippen LogP contribution in [-0.4, -0.2) is 44.9 Å². The fourth-order valence-electron chi connectivity index (χ4n) is 4.75. The van der Waals surface area contributed by atoms with Crippen molar-refractivity contribution in [1.29, 1.82) is 0 Å². The first kappa shape index (κ1) is 23.3. The zero-order valence-electron chi connectivity index (χ0n) is 19.2. The van der Waals surface area contributed by atoms with Crippen molar-refractivity contribution < 1.29 is 13.9 Å². The Morgan fingerprint density at radius 1 is 1.16 bits per heavy atom. The van der Waals surface area contributed by atoms with Crippen molar-refractivity contribution in [2.45, 2.75) is 89.2 Å². The lowest BCUT2D eigenvalue weighted by Crippen LogP contribution is -2.42. The Morgan fingerprint density at radius 3 is 2.59 bits per heavy atom. The number of carbonyl (C=O) groups is 1. The Hall–Kier alpha value is -1.86. The minimum absolute atomic E-state index is 0.133. The van der Waals surface area contributed by atoms with Crippen molar-refractivity contribution in [3.05, 3.63) is 47.0 Å². The number of amides is 1. The lowest BCUT2D eigenvalue weighted by Gasteiger charge is -2.34. The molecule has 2 fully saturated rings. The molecule has 32 heavy (non-hydrogen) atoms. The predicted octanol–water partition coefficient (Wildman–Crippen LogP) is 5.27. The Balaban J connectivity index is 1.45. The third-order valence-corrected chi connectivity index (χ3v) is 7.72. The van der Waals surface area contributed by atoms with Gasteiger partial charge in [0, 0.05) is 24.9 Å². The van der Waals surface area contributed by atoms with Gasteiger partial charge in [0.05, 0.1) is 24.1 Å². The summed E-state index contributed by atoms with van der Waals surface area (Å²) in [7, 11) is 0. The maximum absolute atomic E-state index is 13.4. The molecule has 0 unspecified atom stereocenters. The van der Waals surface area contributed by atoms with Crippen LogP contribution in [0.4, 0.5) is 4.39 Å². The van der Waals surface area contributed by atoms with E-state index in [9.17, 15) is 9.18 Å². The average molecular weight is 460 g/mol. The van der Waals surface area contributed by atoms with E-state index < -0.39 is 0 Å². The number of halogens is 1. The quantitative estimate of drug-likeness (QED) is 0.505. The number of imidazole rings is 1. The first-order valence-corrected chi connectivity index (χ1v) is 12.8. The number of carbonyl (C=O) groups excluding carboxylic acids is 1. The molecule has 1 aliphatic carbocycles. The van der Waals surface area contributed by atoms with E-state index in [2.05, 4.69) is 11.5 Å². The highest BCUT2D eigenvalue weighted by Gasteiger charge is 2.27. The molecule has 7 heteroatoms. The molecule has 1 saturated carbocycles. The van der Waals surface area contributed by atoms with Crippen molar-refractivity contribution >= 4 is 17.7 Å². The standard InChI is InChI=1S/C25H34FN3O2S/c1-18-19(2)28(16-23-9-6-14-31-23)25(27-18)32-17-24(30)29(22-7-4-3-5-8-22)15-20-10-12-21(26)13-11-20/h10-13,22-23H,3-9,14-17H2,1-2H3/t23-/m0/s1. The van der Waals surface area contributed by atoms with E-state index in [4.69, 9.17) is 9.72 Å². The number of nitrogens with zero attached hydrogens (tertiary/aromatic N) is 3. The van der Waals surface area contributed by atoms with Crippen molar-refractivity contribution in [3.63, 3.8) is 0 Å². The highest BCUT2D eigenvalue weighted by Crippen LogP contribution is 2.28. The number of aromatic nitrogens is 2. The normalized spacial score (nSPS) is 19.4. The van der Waals surface area contributed by atoms with Gasteiger partial charge in [-0.05, 0) is 57.2 Å². The highest BCUT2D eigenvalue weighted by atomic mass is 32.2. The van der Waals surface area contributed by atoms with E-state index >= 15 is 0 Å². The van der Waals surface area contributed by atoms with Gasteiger partial charge in [-0.1, -0.05) is 43.2 Å². The Morgan fingerprint density at radius 2 is 1.91 bits per heavy atom. The molecule has 5 nitrogen and oxygen atoms in total. The van der Waals surface area contributed by atoms with E-state index in [0.717, 1.165) is 73.8 Å². The van der Waals surface area contributed by atoms with E-state index in [-0.39, 0.29) is 23.9 Å². The summed E-state index contributed by atoms with van der Waals surface area (Å²) in [4.78, 5) is 20.2. The zero-order chi connectivity index (χ0) is 22.5. The Kier molecular flexibility index (Phi) is 7.89. The minimum Gasteiger partial charge on any atom is -0.376 e. The van der Waals surface area contributed by atoms with Crippen molar-refractivity contribution in [2.24, 2.45) is 0 Å². The van der Waals surface area contributed by atoms with Crippen molar-refractivity contribution in [1.82, 2.24) is 14.5 Å². The van der Waals surface area contributed by atoms with E-state index in [1.807, 2.05) is 11.8 Å². The summed E-state index contributed by atoms with van der Waals surface area (Å²) >= 11 is 1.52. The van der Waals surface area contributed by atoms with Crippen molar-refractivity contribution in [3.8, 4) is 0 Å². The van der Waals surface area contributed by atoms with Gasteiger partial charge in [0.1, 0.15) is 5.82 Å². The van der Waals surface area contributed by atoms with Crippen LogP contribution in [0.2, 0.25) is 0 Å². The van der Waals surface area contributed by atoms with Gasteiger partial charge in [0.15, 0.2) is 5.16 Å². The van der Waals surface area contributed by atoms with Gasteiger partial charge in [-0.2, -0.15) is 0 Å². The molecular formula is C25H34FN3O2S. The molecule has 0 N–H and O–H groups in total. The molecule has 4 rings (SSSR count). The van der Waals surface area contributed by atoms with Crippen LogP contribution in [0.1, 0.15) is 61.9 Å². The summed E-state index contributed by atoms with van der Waals surface area (Å²) in [6.45, 7) is 6.28. The number of rotatable bonds is 8. The molecule has 2 aliphatic rings. The van der Waals surface area contributed by atoms with Gasteiger partial charge < -0.3 is 14.2 Å². The highest BCUT2D eigenvalue weighted by molar-refractivity contribution is 7.99. The van der Waals surface area contributed by atoms with Gasteiger partial charge in [-0.25, -0.2) is 9.37 Å². The van der Waals surface area contributed by atoms with Crippen LogP contribution in [0.3, 0.4) is 0 Å². The number of thioether (sulfide) groups is 1. The smallest absolute Gasteiger partial charge is 0.233 e. The molecule has 0 bridgehead atoms. The number of hydrogen-bond acceptors (Lipinski definition) is 4. The van der Waals surface area contributed by atoms with Crippen LogP contribution in [0.5, 0.6) is 0 Å². The molecule has 1 saturated heterocycles. The van der Waals surface area contributed by atoms with Crippen LogP contribution in [-0.2, 0) is 22.6 Å². The fraction of sp³-hybridized carbons (Fsp3) is 0.600. The Bertz CT molecular complexity index is 903. The summed E-state index contributed by atoms with van der Waals surface area (Å²) in [5, 5.41) is 0.897. The third-order valence-electron chi connectivity index (χ3n) is 6.76. The maximum atomic E-state index is 13.4. The monoisotopic (exact) mass is 459 g/mol. The second-order valence-corrected chi connectivity index (χ2v) is 9.98. The second kappa shape index (κ2) is 10.8. The maximum Gasteiger partial charge on any atom is 0.233 e. The number of aryl methyl sites for hydroxylation is 1. The van der Waals surface area contributed by atoms with Crippen LogP contribution >= 0.6 is 11.8 Å². The van der Waals surface area contributed by atoms with Crippen molar-refractivity contribution in [2.75, 3.05) is 12.4 Å². The summed E-state index contributed by atoms with van der Waals surface area (Å²) < 4.78 is 21.4. The molecule has 1 atom stereocenters. The summed E-state index contributed by atoms with van der Waals surface area (Å²) in [5.41, 5.74) is 3.13. The average Bonchev–Trinajstić information content (AvgIpc) is 3.41. The number of hydrogen-bond donors (Lipinski definition) is 0. The summed E-state index contributed by atoms with van der Waals surface area (Å²) in [5.74, 6) is 0.246. The molecule has 2 aromatic rings. The first-order valence-electron chi connectivity index (χ1n) is 11.8. The lowest BCUT2D eigenvalue weighted by atomic mass is 9.94. The first-order chi connectivity index (χ1) is 15.5. The fourth-order valence-corrected chi connectivity index (χ4v) is 5.74. The molecule has 1 aliphatic heterocycles. The number of ether oxygens (including phenoxy) is 1. The van der Waals surface area contributed by atoms with Crippen LogP contribution < -0.4 is 0 Å². The topological polar surface area (TPSA) is 47.4 Å². The zero-order valence-corrected chi connectivity index (χ0v) is 20.0. The molecule has 1 aromatic carbocycles. The van der Waals surface area contributed by atoms with E-state index in [1.165, 1.54) is 30.3 Å². The van der Waals surface area contributed by atoms with E-state index in [0.29, 0.717) is 12.3 Å². The van der Waals surface area contributed by atoms with Gasteiger partial charge in [0.2, 0.25) is 5.91 Å². The van der Waals surface area contributed by atoms with Gasteiger partial charge in [0.25, 0.3) is 0 Å². The molecule has 0 radical (unpaired) electrons. The van der Waals surface area contributed by atoms with Crippen LogP contribution in [0, 0.1) is 19.7 Å². The predicted molar refractivity (Wildman–Crippen MR) is 125 cm³/mol. The Labute approximate surface area is 194 Å².